The van der Waals surface area contributed by atoms with Crippen LogP contribution >= 0.6 is 24.0 Å². The standard InChI is InChI=1S/C19H23FN4O.HI/c1-2-21-19(22-13-12-15-6-4-3-5-7-15)23-14-18(25)24-17-10-8-16(20)9-11-17;/h3-11H,2,12-14H2,1H3,(H,24,25)(H2,21,22,23);1H. The minimum absolute atomic E-state index is 0. The molecule has 0 saturated carbocycles. The molecule has 0 aromatic heterocycles. The molecular weight excluding hydrogens is 446 g/mol. The summed E-state index contributed by atoms with van der Waals surface area (Å²) in [7, 11) is 0. The van der Waals surface area contributed by atoms with Crippen molar-refractivity contribution in [3.8, 4) is 0 Å². The molecule has 0 spiro atoms. The fourth-order valence-corrected chi connectivity index (χ4v) is 2.20. The van der Waals surface area contributed by atoms with Crippen molar-refractivity contribution in [3.63, 3.8) is 0 Å². The SMILES string of the molecule is CCNC(=NCC(=O)Nc1ccc(F)cc1)NCCc1ccccc1.I. The van der Waals surface area contributed by atoms with Crippen LogP contribution in [0.4, 0.5) is 10.1 Å². The third kappa shape index (κ3) is 8.28. The number of rotatable bonds is 7. The van der Waals surface area contributed by atoms with Gasteiger partial charge in [0, 0.05) is 18.8 Å². The van der Waals surface area contributed by atoms with E-state index in [1.807, 2.05) is 25.1 Å². The van der Waals surface area contributed by atoms with E-state index in [0.717, 1.165) is 13.0 Å². The molecule has 140 valence electrons. The average molecular weight is 470 g/mol. The lowest BCUT2D eigenvalue weighted by Crippen LogP contribution is -2.39. The Morgan fingerprint density at radius 2 is 1.73 bits per heavy atom. The molecule has 0 saturated heterocycles. The first-order chi connectivity index (χ1) is 12.2. The summed E-state index contributed by atoms with van der Waals surface area (Å²) in [5.41, 5.74) is 1.78. The lowest BCUT2D eigenvalue weighted by molar-refractivity contribution is -0.114. The van der Waals surface area contributed by atoms with E-state index < -0.39 is 0 Å². The smallest absolute Gasteiger partial charge is 0.246 e. The lowest BCUT2D eigenvalue weighted by Gasteiger charge is -2.11. The molecule has 2 aromatic carbocycles. The molecule has 0 radical (unpaired) electrons. The van der Waals surface area contributed by atoms with Crippen LogP contribution in [0.25, 0.3) is 0 Å². The predicted molar refractivity (Wildman–Crippen MR) is 115 cm³/mol. The molecule has 2 aromatic rings. The Morgan fingerprint density at radius 3 is 2.38 bits per heavy atom. The van der Waals surface area contributed by atoms with Gasteiger partial charge in [0.15, 0.2) is 5.96 Å². The van der Waals surface area contributed by atoms with Crippen molar-refractivity contribution in [1.29, 1.82) is 0 Å². The number of guanidine groups is 1. The van der Waals surface area contributed by atoms with Gasteiger partial charge in [0.2, 0.25) is 5.91 Å². The van der Waals surface area contributed by atoms with E-state index in [-0.39, 0.29) is 42.2 Å². The minimum Gasteiger partial charge on any atom is -0.357 e. The molecule has 0 aliphatic rings. The van der Waals surface area contributed by atoms with E-state index in [2.05, 4.69) is 33.1 Å². The zero-order chi connectivity index (χ0) is 17.9. The Labute approximate surface area is 170 Å². The van der Waals surface area contributed by atoms with Gasteiger partial charge in [-0.3, -0.25) is 4.79 Å². The summed E-state index contributed by atoms with van der Waals surface area (Å²) in [6.45, 7) is 3.37. The molecule has 0 bridgehead atoms. The number of nitrogens with one attached hydrogen (secondary N) is 3. The summed E-state index contributed by atoms with van der Waals surface area (Å²) in [4.78, 5) is 16.2. The molecule has 0 atom stereocenters. The van der Waals surface area contributed by atoms with Gasteiger partial charge < -0.3 is 16.0 Å². The Hall–Kier alpha value is -2.16. The number of aliphatic imine (C=N–C) groups is 1. The van der Waals surface area contributed by atoms with Crippen molar-refractivity contribution in [3.05, 3.63) is 66.0 Å². The number of carbonyl (C=O) groups is 1. The highest BCUT2D eigenvalue weighted by atomic mass is 127. The maximum Gasteiger partial charge on any atom is 0.246 e. The summed E-state index contributed by atoms with van der Waals surface area (Å²) < 4.78 is 12.9. The molecule has 7 heteroatoms. The molecule has 0 heterocycles. The highest BCUT2D eigenvalue weighted by Gasteiger charge is 2.03. The maximum absolute atomic E-state index is 12.9. The summed E-state index contributed by atoms with van der Waals surface area (Å²) in [5, 5.41) is 8.99. The number of benzene rings is 2. The molecule has 5 nitrogen and oxygen atoms in total. The Bertz CT molecular complexity index is 692. The van der Waals surface area contributed by atoms with Gasteiger partial charge in [-0.25, -0.2) is 9.38 Å². The molecule has 26 heavy (non-hydrogen) atoms. The van der Waals surface area contributed by atoms with E-state index in [1.165, 1.54) is 29.8 Å². The Morgan fingerprint density at radius 1 is 1.04 bits per heavy atom. The van der Waals surface area contributed by atoms with Crippen LogP contribution < -0.4 is 16.0 Å². The van der Waals surface area contributed by atoms with Gasteiger partial charge in [0.1, 0.15) is 12.4 Å². The number of hydrogen-bond acceptors (Lipinski definition) is 2. The number of anilines is 1. The minimum atomic E-state index is -0.340. The molecule has 3 N–H and O–H groups in total. The van der Waals surface area contributed by atoms with Crippen molar-refractivity contribution < 1.29 is 9.18 Å². The molecule has 1 amide bonds. The first-order valence-corrected chi connectivity index (χ1v) is 8.29. The topological polar surface area (TPSA) is 65.5 Å². The monoisotopic (exact) mass is 470 g/mol. The van der Waals surface area contributed by atoms with E-state index in [0.29, 0.717) is 18.2 Å². The van der Waals surface area contributed by atoms with Crippen LogP contribution in [-0.4, -0.2) is 31.5 Å². The predicted octanol–water partition coefficient (Wildman–Crippen LogP) is 3.18. The van der Waals surface area contributed by atoms with Crippen molar-refractivity contribution in [2.45, 2.75) is 13.3 Å². The number of halogens is 2. The van der Waals surface area contributed by atoms with Gasteiger partial charge in [-0.15, -0.1) is 24.0 Å². The van der Waals surface area contributed by atoms with Gasteiger partial charge in [-0.05, 0) is 43.2 Å². The summed E-state index contributed by atoms with van der Waals surface area (Å²) >= 11 is 0. The van der Waals surface area contributed by atoms with Crippen LogP contribution in [0.2, 0.25) is 0 Å². The second-order valence-electron chi connectivity index (χ2n) is 5.41. The highest BCUT2D eigenvalue weighted by molar-refractivity contribution is 14.0. The van der Waals surface area contributed by atoms with Crippen LogP contribution in [0, 0.1) is 5.82 Å². The Kier molecular flexibility index (Phi) is 10.3. The third-order valence-corrected chi connectivity index (χ3v) is 3.40. The lowest BCUT2D eigenvalue weighted by atomic mass is 10.1. The summed E-state index contributed by atoms with van der Waals surface area (Å²) in [6.07, 6.45) is 0.868. The maximum atomic E-state index is 12.9. The van der Waals surface area contributed by atoms with Crippen LogP contribution in [0.5, 0.6) is 0 Å². The zero-order valence-corrected chi connectivity index (χ0v) is 17.0. The summed E-state index contributed by atoms with van der Waals surface area (Å²) in [5.74, 6) is -0.00683. The fraction of sp³-hybridized carbons (Fsp3) is 0.263. The number of hydrogen-bond donors (Lipinski definition) is 3. The Balaban J connectivity index is 0.00000338. The first kappa shape index (κ1) is 21.9. The third-order valence-electron chi connectivity index (χ3n) is 3.40. The van der Waals surface area contributed by atoms with Crippen molar-refractivity contribution in [1.82, 2.24) is 10.6 Å². The second kappa shape index (κ2) is 12.2. The van der Waals surface area contributed by atoms with Crippen LogP contribution in [0.1, 0.15) is 12.5 Å². The summed E-state index contributed by atoms with van der Waals surface area (Å²) in [6, 6.07) is 15.8. The second-order valence-corrected chi connectivity index (χ2v) is 5.41. The average Bonchev–Trinajstić information content (AvgIpc) is 2.62. The van der Waals surface area contributed by atoms with Gasteiger partial charge in [-0.1, -0.05) is 30.3 Å². The quantitative estimate of drug-likeness (QED) is 0.331. The molecule has 0 unspecified atom stereocenters. The molecule has 0 aliphatic carbocycles. The number of amides is 1. The van der Waals surface area contributed by atoms with Crippen LogP contribution in [0.3, 0.4) is 0 Å². The van der Waals surface area contributed by atoms with E-state index in [4.69, 9.17) is 0 Å². The normalized spacial score (nSPS) is 10.6. The van der Waals surface area contributed by atoms with Gasteiger partial charge in [-0.2, -0.15) is 0 Å². The highest BCUT2D eigenvalue weighted by Crippen LogP contribution is 2.07. The number of nitrogens with zero attached hydrogens (tertiary/aromatic N) is 1. The van der Waals surface area contributed by atoms with E-state index in [9.17, 15) is 9.18 Å². The molecule has 0 aliphatic heterocycles. The molecule has 2 rings (SSSR count). The largest absolute Gasteiger partial charge is 0.357 e. The first-order valence-electron chi connectivity index (χ1n) is 8.29. The van der Waals surface area contributed by atoms with E-state index in [1.54, 1.807) is 0 Å². The van der Waals surface area contributed by atoms with Gasteiger partial charge in [0.25, 0.3) is 0 Å². The van der Waals surface area contributed by atoms with E-state index >= 15 is 0 Å². The molecular formula is C19H24FIN4O. The van der Waals surface area contributed by atoms with Crippen molar-refractivity contribution in [2.75, 3.05) is 25.0 Å². The number of carbonyl (C=O) groups excluding carboxylic acids is 1. The van der Waals surface area contributed by atoms with Gasteiger partial charge >= 0.3 is 0 Å². The van der Waals surface area contributed by atoms with Gasteiger partial charge in [0.05, 0.1) is 0 Å². The molecule has 0 fully saturated rings. The van der Waals surface area contributed by atoms with Crippen LogP contribution in [-0.2, 0) is 11.2 Å². The zero-order valence-electron chi connectivity index (χ0n) is 14.7. The van der Waals surface area contributed by atoms with Crippen LogP contribution in [0.15, 0.2) is 59.6 Å². The van der Waals surface area contributed by atoms with Crippen molar-refractivity contribution in [2.24, 2.45) is 4.99 Å². The van der Waals surface area contributed by atoms with Crippen molar-refractivity contribution >= 4 is 41.5 Å². The fourth-order valence-electron chi connectivity index (χ4n) is 2.20.